The van der Waals surface area contributed by atoms with Crippen molar-refractivity contribution in [1.82, 2.24) is 9.21 Å². The monoisotopic (exact) mass is 338 g/mol. The molecule has 0 aliphatic carbocycles. The summed E-state index contributed by atoms with van der Waals surface area (Å²) in [7, 11) is -2.05. The predicted octanol–water partition coefficient (Wildman–Crippen LogP) is 0.881. The van der Waals surface area contributed by atoms with Crippen molar-refractivity contribution in [2.75, 3.05) is 39.9 Å². The first kappa shape index (κ1) is 15.7. The fourth-order valence-corrected chi connectivity index (χ4v) is 5.02. The van der Waals surface area contributed by atoms with E-state index < -0.39 is 10.0 Å². The normalized spacial score (nSPS) is 17.4. The van der Waals surface area contributed by atoms with Gasteiger partial charge in [-0.3, -0.25) is 4.79 Å². The van der Waals surface area contributed by atoms with Gasteiger partial charge >= 0.3 is 0 Å². The van der Waals surface area contributed by atoms with Gasteiger partial charge in [0, 0.05) is 33.3 Å². The Bertz CT molecular complexity index is 579. The van der Waals surface area contributed by atoms with Crippen molar-refractivity contribution in [1.29, 1.82) is 0 Å². The van der Waals surface area contributed by atoms with E-state index in [1.54, 1.807) is 11.0 Å². The first-order chi connectivity index (χ1) is 9.45. The number of piperazine rings is 1. The van der Waals surface area contributed by atoms with Crippen LogP contribution >= 0.6 is 22.9 Å². The lowest BCUT2D eigenvalue weighted by atomic mass is 10.3. The third-order valence-electron chi connectivity index (χ3n) is 3.00. The number of carbonyl (C=O) groups is 1. The van der Waals surface area contributed by atoms with E-state index in [1.165, 1.54) is 17.5 Å². The average Bonchev–Trinajstić information content (AvgIpc) is 2.86. The molecule has 0 bridgehead atoms. The quantitative estimate of drug-likeness (QED) is 0.817. The molecule has 1 saturated heterocycles. The fourth-order valence-electron chi connectivity index (χ4n) is 1.96. The molecular weight excluding hydrogens is 324 g/mol. The van der Waals surface area contributed by atoms with Crippen LogP contribution in [0, 0.1) is 0 Å². The number of methoxy groups -OCH3 is 1. The van der Waals surface area contributed by atoms with Crippen LogP contribution in [0.5, 0.6) is 0 Å². The van der Waals surface area contributed by atoms with Crippen LogP contribution in [-0.2, 0) is 19.6 Å². The molecule has 20 heavy (non-hydrogen) atoms. The van der Waals surface area contributed by atoms with Crippen molar-refractivity contribution in [3.8, 4) is 0 Å². The molecule has 1 aliphatic rings. The third kappa shape index (κ3) is 3.32. The molecule has 1 aromatic rings. The highest BCUT2D eigenvalue weighted by Gasteiger charge is 2.30. The first-order valence-corrected chi connectivity index (χ1v) is 8.61. The van der Waals surface area contributed by atoms with E-state index in [0.717, 1.165) is 11.3 Å². The predicted molar refractivity (Wildman–Crippen MR) is 76.5 cm³/mol. The number of halogens is 1. The lowest BCUT2D eigenvalue weighted by Gasteiger charge is -2.33. The Balaban J connectivity index is 2.02. The van der Waals surface area contributed by atoms with Gasteiger partial charge in [-0.1, -0.05) is 11.6 Å². The summed E-state index contributed by atoms with van der Waals surface area (Å²) >= 11 is 6.81. The molecule has 0 radical (unpaired) electrons. The van der Waals surface area contributed by atoms with Crippen LogP contribution in [0.25, 0.3) is 0 Å². The lowest BCUT2D eigenvalue weighted by molar-refractivity contribution is -0.136. The van der Waals surface area contributed by atoms with Crippen LogP contribution in [0.4, 0.5) is 0 Å². The fraction of sp³-hybridized carbons (Fsp3) is 0.545. The summed E-state index contributed by atoms with van der Waals surface area (Å²) in [4.78, 5) is 13.3. The molecule has 0 atom stereocenters. The Morgan fingerprint density at radius 1 is 1.35 bits per heavy atom. The summed E-state index contributed by atoms with van der Waals surface area (Å²) < 4.78 is 31.5. The molecule has 6 nitrogen and oxygen atoms in total. The molecule has 1 aromatic heterocycles. The number of amides is 1. The molecule has 1 amide bonds. The first-order valence-electron chi connectivity index (χ1n) is 5.97. The van der Waals surface area contributed by atoms with Gasteiger partial charge in [-0.05, 0) is 12.1 Å². The van der Waals surface area contributed by atoms with Crippen molar-refractivity contribution in [3.05, 3.63) is 16.5 Å². The van der Waals surface area contributed by atoms with Crippen LogP contribution < -0.4 is 0 Å². The number of sulfonamides is 1. The molecule has 0 unspecified atom stereocenters. The van der Waals surface area contributed by atoms with Gasteiger partial charge in [0.05, 0.1) is 4.34 Å². The summed E-state index contributed by atoms with van der Waals surface area (Å²) in [5.74, 6) is -0.122. The Morgan fingerprint density at radius 2 is 2.00 bits per heavy atom. The second-order valence-corrected chi connectivity index (χ2v) is 8.16. The van der Waals surface area contributed by atoms with Crippen molar-refractivity contribution in [3.63, 3.8) is 0 Å². The number of hydrogen-bond acceptors (Lipinski definition) is 5. The molecule has 112 valence electrons. The summed E-state index contributed by atoms with van der Waals surface area (Å²) in [6.07, 6.45) is 0. The Labute approximate surface area is 126 Å². The standard InChI is InChI=1S/C11H15ClN2O4S2/c1-18-8-10(15)13-4-6-14(7-5-13)20(16,17)11-3-2-9(12)19-11/h2-3H,4-8H2,1H3. The zero-order valence-corrected chi connectivity index (χ0v) is 13.3. The molecule has 2 rings (SSSR count). The van der Waals surface area contributed by atoms with Gasteiger partial charge in [0.2, 0.25) is 5.91 Å². The minimum atomic E-state index is -3.50. The Hall–Kier alpha value is -0.670. The smallest absolute Gasteiger partial charge is 0.252 e. The van der Waals surface area contributed by atoms with Gasteiger partial charge in [0.15, 0.2) is 0 Å². The minimum absolute atomic E-state index is 0.0211. The van der Waals surface area contributed by atoms with E-state index in [0.29, 0.717) is 17.4 Å². The summed E-state index contributed by atoms with van der Waals surface area (Å²) in [5, 5.41) is 0. The molecule has 1 aliphatic heterocycles. The van der Waals surface area contributed by atoms with Gasteiger partial charge in [0.1, 0.15) is 10.8 Å². The van der Waals surface area contributed by atoms with Crippen LogP contribution in [0.2, 0.25) is 4.34 Å². The number of carbonyl (C=O) groups excluding carboxylic acids is 1. The zero-order valence-electron chi connectivity index (χ0n) is 10.9. The Morgan fingerprint density at radius 3 is 2.50 bits per heavy atom. The van der Waals surface area contributed by atoms with Crippen molar-refractivity contribution in [2.45, 2.75) is 4.21 Å². The van der Waals surface area contributed by atoms with Gasteiger partial charge in [0.25, 0.3) is 10.0 Å². The van der Waals surface area contributed by atoms with Crippen LogP contribution in [0.1, 0.15) is 0 Å². The molecular formula is C11H15ClN2O4S2. The maximum absolute atomic E-state index is 12.4. The highest BCUT2D eigenvalue weighted by molar-refractivity contribution is 7.91. The SMILES string of the molecule is COCC(=O)N1CCN(S(=O)(=O)c2ccc(Cl)s2)CC1. The average molecular weight is 339 g/mol. The number of rotatable bonds is 4. The molecule has 1 fully saturated rings. The second kappa shape index (κ2) is 6.40. The third-order valence-corrected chi connectivity index (χ3v) is 6.60. The van der Waals surface area contributed by atoms with Crippen molar-refractivity contribution in [2.24, 2.45) is 0 Å². The molecule has 0 saturated carbocycles. The summed E-state index contributed by atoms with van der Waals surface area (Å²) in [6.45, 7) is 1.34. The number of ether oxygens (including phenoxy) is 1. The molecule has 9 heteroatoms. The summed E-state index contributed by atoms with van der Waals surface area (Å²) in [5.41, 5.74) is 0. The van der Waals surface area contributed by atoms with Crippen LogP contribution in [-0.4, -0.2) is 63.4 Å². The highest BCUT2D eigenvalue weighted by atomic mass is 35.5. The molecule has 2 heterocycles. The molecule has 0 spiro atoms. The highest BCUT2D eigenvalue weighted by Crippen LogP contribution is 2.28. The molecule has 0 aromatic carbocycles. The van der Waals surface area contributed by atoms with E-state index in [4.69, 9.17) is 16.3 Å². The van der Waals surface area contributed by atoms with Gasteiger partial charge in [-0.2, -0.15) is 4.31 Å². The van der Waals surface area contributed by atoms with Crippen LogP contribution in [0.3, 0.4) is 0 Å². The number of nitrogens with zero attached hydrogens (tertiary/aromatic N) is 2. The van der Waals surface area contributed by atoms with Crippen LogP contribution in [0.15, 0.2) is 16.3 Å². The van der Waals surface area contributed by atoms with E-state index in [1.807, 2.05) is 0 Å². The maximum Gasteiger partial charge on any atom is 0.252 e. The van der Waals surface area contributed by atoms with Crippen molar-refractivity contribution < 1.29 is 17.9 Å². The van der Waals surface area contributed by atoms with Gasteiger partial charge in [-0.25, -0.2) is 8.42 Å². The summed E-state index contributed by atoms with van der Waals surface area (Å²) in [6, 6.07) is 3.07. The number of hydrogen-bond donors (Lipinski definition) is 0. The second-order valence-electron chi connectivity index (χ2n) is 4.28. The van der Waals surface area contributed by atoms with E-state index in [9.17, 15) is 13.2 Å². The van der Waals surface area contributed by atoms with Crippen molar-refractivity contribution >= 4 is 38.9 Å². The minimum Gasteiger partial charge on any atom is -0.375 e. The van der Waals surface area contributed by atoms with E-state index in [-0.39, 0.29) is 29.8 Å². The molecule has 0 N–H and O–H groups in total. The largest absolute Gasteiger partial charge is 0.375 e. The van der Waals surface area contributed by atoms with Gasteiger partial charge < -0.3 is 9.64 Å². The number of thiophene rings is 1. The maximum atomic E-state index is 12.4. The zero-order chi connectivity index (χ0) is 14.8. The topological polar surface area (TPSA) is 66.9 Å². The van der Waals surface area contributed by atoms with Gasteiger partial charge in [-0.15, -0.1) is 11.3 Å². The van der Waals surface area contributed by atoms with E-state index in [2.05, 4.69) is 0 Å². The van der Waals surface area contributed by atoms with E-state index >= 15 is 0 Å². The lowest BCUT2D eigenvalue weighted by Crippen LogP contribution is -2.51. The Kier molecular flexibility index (Phi) is 5.03.